The molecule has 20 heteroatoms. The predicted octanol–water partition coefficient (Wildman–Crippen LogP) is 33.8. The maximum absolute atomic E-state index is 16.1. The second kappa shape index (κ2) is 39.9. The van der Waals surface area contributed by atoms with Crippen molar-refractivity contribution in [3.05, 3.63) is 358 Å². The fraction of sp³-hybridized carbons (Fsp3) is 0.391. The van der Waals surface area contributed by atoms with Gasteiger partial charge in [0.2, 0.25) is 0 Å². The number of hydrogen-bond donors (Lipinski definition) is 0. The summed E-state index contributed by atoms with van der Waals surface area (Å²) >= 11 is 3.64. The van der Waals surface area contributed by atoms with Crippen LogP contribution in [0.5, 0.6) is 11.5 Å². The Balaban J connectivity index is 0.000000189. The molecule has 8 aromatic rings. The standard InChI is InChI=1S/C70H67F3N4O2S.C58H59F3N4O2S/c1-44-29-62-58(45(2)35-67(5,6)77(62)56-27-28-63(78-7)61(34-56)68-36-46-30-47(37-68)32-48(31-46)38-68)33-51(44)21-22-53-40-66(3,4)39-52(65(53)80-57-18-12-9-13-19-57)17-14-20-60-59(43-76)64(54(41-74)42-75)79-69(60,70(71,72)73)55-25-23-50(24-26-55)49-15-10-8-11-16-49;1-36-22-51-48(37(2)27-55(5,6)65(51)46-18-20-47(66-7)21-19-46)26-41(36)16-17-43-32-54(3,4)31-42(53(43)68-56-28-38-23-39(29-56)25-40(24-38)30-56)12-11-15-50-49(35-64)52(44(33-62)34-63)67-57(50,58(59,60)61)45-13-9-8-10-14-45/h8-29,33-34,45-48H,30-32,35-40H2,1-7H3;8-22,26,37-40H,23-25,27-32H2,1-7H3/b20-14+,22-21+,52-17+;15-11+,17-16+,42-12+. The lowest BCUT2D eigenvalue weighted by molar-refractivity contribution is -0.249. The first-order valence-corrected chi connectivity index (χ1v) is 53.6. The van der Waals surface area contributed by atoms with Crippen molar-refractivity contribution in [3.63, 3.8) is 0 Å². The normalized spacial score (nSPS) is 27.3. The van der Waals surface area contributed by atoms with Crippen molar-refractivity contribution in [1.29, 1.82) is 31.6 Å². The van der Waals surface area contributed by atoms with Crippen LogP contribution in [0.3, 0.4) is 0 Å². The molecular formula is C128H126F6N8O4S2. The first kappa shape index (κ1) is 103. The van der Waals surface area contributed by atoms with Crippen LogP contribution >= 0.6 is 23.5 Å². The smallest absolute Gasteiger partial charge is 0.437 e. The summed E-state index contributed by atoms with van der Waals surface area (Å²) in [4.78, 5) is 8.26. The summed E-state index contributed by atoms with van der Waals surface area (Å²) in [5, 5.41) is 60.6. The lowest BCUT2D eigenvalue weighted by Gasteiger charge is -2.57. The topological polar surface area (TPSA) is 186 Å². The molecule has 756 valence electrons. The number of methoxy groups -OCH3 is 2. The molecule has 4 atom stereocenters. The van der Waals surface area contributed by atoms with Crippen molar-refractivity contribution in [2.45, 2.75) is 260 Å². The lowest BCUT2D eigenvalue weighted by atomic mass is 9.48. The van der Waals surface area contributed by atoms with Crippen LogP contribution in [0.2, 0.25) is 0 Å². The van der Waals surface area contributed by atoms with Crippen LogP contribution in [0.25, 0.3) is 23.3 Å². The number of hydrogen-bond acceptors (Lipinski definition) is 14. The zero-order valence-electron chi connectivity index (χ0n) is 86.7. The van der Waals surface area contributed by atoms with Gasteiger partial charge in [0.25, 0.3) is 11.2 Å². The number of benzene rings is 8. The predicted molar refractivity (Wildman–Crippen MR) is 578 cm³/mol. The van der Waals surface area contributed by atoms with Crippen LogP contribution in [0.15, 0.2) is 313 Å². The molecule has 8 aromatic carbocycles. The molecule has 22 rings (SSSR count). The van der Waals surface area contributed by atoms with Crippen LogP contribution in [-0.4, -0.2) is 42.4 Å². The number of nitrogens with zero attached hydrogens (tertiary/aromatic N) is 8. The molecule has 8 saturated carbocycles. The van der Waals surface area contributed by atoms with Crippen LogP contribution < -0.4 is 19.3 Å². The molecule has 4 aliphatic heterocycles. The van der Waals surface area contributed by atoms with Gasteiger partial charge in [0.05, 0.1) is 14.2 Å². The molecule has 0 N–H and O–H groups in total. The van der Waals surface area contributed by atoms with Gasteiger partial charge in [-0.05, 0) is 366 Å². The van der Waals surface area contributed by atoms with Gasteiger partial charge < -0.3 is 28.7 Å². The fourth-order valence-electron chi connectivity index (χ4n) is 28.3. The molecule has 4 unspecified atom stereocenters. The van der Waals surface area contributed by atoms with Gasteiger partial charge in [-0.1, -0.05) is 217 Å². The first-order valence-electron chi connectivity index (χ1n) is 52.0. The van der Waals surface area contributed by atoms with E-state index >= 15 is 26.3 Å². The van der Waals surface area contributed by atoms with E-state index in [9.17, 15) is 31.6 Å². The Kier molecular flexibility index (Phi) is 27.9. The lowest BCUT2D eigenvalue weighted by Crippen LogP contribution is -2.49. The number of nitriles is 6. The Morgan fingerprint density at radius 3 is 1.27 bits per heavy atom. The molecule has 4 heterocycles. The Morgan fingerprint density at radius 1 is 0.432 bits per heavy atom. The fourth-order valence-corrected chi connectivity index (χ4v) is 31.3. The van der Waals surface area contributed by atoms with E-state index in [0.717, 1.165) is 127 Å². The SMILES string of the molecule is COc1ccc(N2c3cc(C)c(/C=C/C4=C(SC56CC7CC(CC(C7)C5)C6)C(=C/C=C/C5=C(C#N)C(=C(C#N)C#N)OC5(c5ccccc5)C(F)(F)F)/CC(C)(C)C4)cc3C(C)CC2(C)C)cc1.COc1ccc(N2c3cc(C)c(/C=C/C4=C(Sc5ccccc5)C(=C/C=C/C5=C(C#N)C(=C(C#N)C#N)OC5(c5ccc(-c6ccccc6)cc5)C(F)(F)F)/CC(C)(C)C4)cc3C(C)CC2(C)C)cc1C12CC3CC(CC(C3)C1)C2. The van der Waals surface area contributed by atoms with Crippen molar-refractivity contribution in [1.82, 2.24) is 0 Å². The van der Waals surface area contributed by atoms with Gasteiger partial charge in [0.1, 0.15) is 59.1 Å². The Morgan fingerprint density at radius 2 is 0.838 bits per heavy atom. The number of thioether (sulfide) groups is 2. The van der Waals surface area contributed by atoms with Gasteiger partial charge in [-0.25, -0.2) is 0 Å². The number of rotatable bonds is 20. The molecular weight excluding hydrogens is 1890 g/mol. The monoisotopic (exact) mass is 2020 g/mol. The van der Waals surface area contributed by atoms with E-state index in [2.05, 4.69) is 184 Å². The molecule has 8 fully saturated rings. The molecule has 10 aliphatic carbocycles. The summed E-state index contributed by atoms with van der Waals surface area (Å²) in [5.41, 5.74) is 8.34. The summed E-state index contributed by atoms with van der Waals surface area (Å²) in [5.74, 6) is 5.72. The number of allylic oxidation sites excluding steroid dienone is 14. The van der Waals surface area contributed by atoms with E-state index < -0.39 is 68.5 Å². The molecule has 14 aliphatic rings. The third-order valence-electron chi connectivity index (χ3n) is 33.5. The third kappa shape index (κ3) is 19.4. The number of ether oxygens (including phenoxy) is 4. The number of fused-ring (bicyclic) bond motifs is 2. The van der Waals surface area contributed by atoms with Crippen LogP contribution in [-0.2, 0) is 26.1 Å². The summed E-state index contributed by atoms with van der Waals surface area (Å²) in [6.45, 7) is 27.3. The van der Waals surface area contributed by atoms with Crippen molar-refractivity contribution in [2.75, 3.05) is 24.0 Å². The van der Waals surface area contributed by atoms with Gasteiger partial charge in [-0.15, -0.1) is 11.8 Å². The number of aryl methyl sites for hydroxylation is 2. The van der Waals surface area contributed by atoms with Gasteiger partial charge in [0, 0.05) is 81.1 Å². The average Bonchev–Trinajstić information content (AvgIpc) is 1.41. The van der Waals surface area contributed by atoms with Crippen LogP contribution in [0.1, 0.15) is 247 Å². The molecule has 0 saturated heterocycles. The quantitative estimate of drug-likeness (QED) is 0.0518. The molecule has 148 heavy (non-hydrogen) atoms. The van der Waals surface area contributed by atoms with E-state index in [1.165, 1.54) is 175 Å². The van der Waals surface area contributed by atoms with Gasteiger partial charge >= 0.3 is 12.4 Å². The highest BCUT2D eigenvalue weighted by Gasteiger charge is 2.67. The van der Waals surface area contributed by atoms with Gasteiger partial charge in [0.15, 0.2) is 22.7 Å². The average molecular weight is 2020 g/mol. The number of alkyl halides is 6. The first-order chi connectivity index (χ1) is 70.6. The summed E-state index contributed by atoms with van der Waals surface area (Å²) in [6.07, 6.45) is 28.6. The van der Waals surface area contributed by atoms with Crippen molar-refractivity contribution in [3.8, 4) is 59.0 Å². The molecule has 8 bridgehead atoms. The second-order valence-electron chi connectivity index (χ2n) is 46.5. The minimum atomic E-state index is -5.14. The third-order valence-corrected chi connectivity index (χ3v) is 36.4. The summed E-state index contributed by atoms with van der Waals surface area (Å²) < 4.78 is 119. The maximum Gasteiger partial charge on any atom is 0.437 e. The van der Waals surface area contributed by atoms with Gasteiger partial charge in [-0.2, -0.15) is 57.9 Å². The maximum atomic E-state index is 16.1. The van der Waals surface area contributed by atoms with Crippen LogP contribution in [0, 0.1) is 128 Å². The highest BCUT2D eigenvalue weighted by Crippen LogP contribution is 2.68. The Bertz CT molecular complexity index is 7200. The number of anilines is 4. The zero-order chi connectivity index (χ0) is 105. The second-order valence-corrected chi connectivity index (χ2v) is 49.0. The summed E-state index contributed by atoms with van der Waals surface area (Å²) in [7, 11) is 3.52. The van der Waals surface area contributed by atoms with E-state index in [1.54, 1.807) is 73.5 Å². The Hall–Kier alpha value is -13.3. The van der Waals surface area contributed by atoms with Crippen LogP contribution in [0.4, 0.5) is 49.1 Å². The minimum Gasteiger partial charge on any atom is -0.497 e. The molecule has 0 amide bonds. The largest absolute Gasteiger partial charge is 0.497 e. The van der Waals surface area contributed by atoms with E-state index in [0.29, 0.717) is 30.2 Å². The van der Waals surface area contributed by atoms with Crippen molar-refractivity contribution < 1.29 is 45.3 Å². The van der Waals surface area contributed by atoms with E-state index in [-0.39, 0.29) is 43.2 Å². The van der Waals surface area contributed by atoms with Gasteiger partial charge in [-0.3, -0.25) is 0 Å². The van der Waals surface area contributed by atoms with E-state index in [4.69, 9.17) is 18.9 Å². The summed E-state index contributed by atoms with van der Waals surface area (Å²) in [6, 6.07) is 67.4. The molecule has 0 radical (unpaired) electrons. The van der Waals surface area contributed by atoms with Crippen molar-refractivity contribution >= 4 is 58.4 Å². The zero-order valence-corrected chi connectivity index (χ0v) is 88.4. The highest BCUT2D eigenvalue weighted by molar-refractivity contribution is 8.04. The minimum absolute atomic E-state index is 0.0988. The Labute approximate surface area is 876 Å². The van der Waals surface area contributed by atoms with Crippen molar-refractivity contribution in [2.24, 2.45) is 46.3 Å². The van der Waals surface area contributed by atoms with E-state index in [1.807, 2.05) is 104 Å². The molecule has 12 nitrogen and oxygen atoms in total. The highest BCUT2D eigenvalue weighted by atomic mass is 32.2. The molecule has 0 spiro atoms. The molecule has 0 aromatic heterocycles. The number of halogens is 6.